The number of hydrogen-bond donors (Lipinski definition) is 1. The van der Waals surface area contributed by atoms with Crippen molar-refractivity contribution in [2.75, 3.05) is 0 Å². The van der Waals surface area contributed by atoms with Crippen LogP contribution in [0.25, 0.3) is 0 Å². The maximum absolute atomic E-state index is 10.6. The molecule has 1 heteroatoms. The lowest BCUT2D eigenvalue weighted by molar-refractivity contribution is 0.0456. The topological polar surface area (TPSA) is 20.2 Å². The summed E-state index contributed by atoms with van der Waals surface area (Å²) in [6.45, 7) is 14.1. The van der Waals surface area contributed by atoms with E-state index in [-0.39, 0.29) is 6.90 Å². The quantitative estimate of drug-likeness (QED) is 0.479. The van der Waals surface area contributed by atoms with Crippen LogP contribution in [0.5, 0.6) is 0 Å². The molecule has 0 aliphatic heterocycles. The van der Waals surface area contributed by atoms with E-state index in [2.05, 4.69) is 46.4 Å². The van der Waals surface area contributed by atoms with Gasteiger partial charge in [-0.2, -0.15) is 0 Å². The number of allylic oxidation sites excluding steroid dienone is 4. The van der Waals surface area contributed by atoms with Crippen LogP contribution < -0.4 is 0 Å². The molecule has 0 unspecified atom stereocenters. The van der Waals surface area contributed by atoms with Gasteiger partial charge in [-0.1, -0.05) is 76.8 Å². The Bertz CT molecular complexity index is 674. The summed E-state index contributed by atoms with van der Waals surface area (Å²) in [7, 11) is 0. The van der Waals surface area contributed by atoms with E-state index in [1.165, 1.54) is 56.9 Å². The predicted molar refractivity (Wildman–Crippen MR) is 126 cm³/mol. The van der Waals surface area contributed by atoms with Gasteiger partial charge in [-0.3, -0.25) is 0 Å². The maximum Gasteiger partial charge on any atom is 0.0663 e. The molecule has 0 spiro atoms. The van der Waals surface area contributed by atoms with Crippen LogP contribution >= 0.6 is 0 Å². The van der Waals surface area contributed by atoms with Gasteiger partial charge in [0.15, 0.2) is 0 Å². The first-order valence-corrected chi connectivity index (χ1v) is 12.3. The van der Waals surface area contributed by atoms with Gasteiger partial charge in [-0.05, 0) is 86.5 Å². The molecule has 1 nitrogen and oxygen atoms in total. The minimum Gasteiger partial charge on any atom is -0.390 e. The van der Waals surface area contributed by atoms with Gasteiger partial charge >= 0.3 is 0 Å². The molecule has 0 saturated heterocycles. The molecule has 0 bridgehead atoms. The van der Waals surface area contributed by atoms with Gasteiger partial charge < -0.3 is 5.11 Å². The molecule has 0 aromatic carbocycles. The standard InChI is InChI=1S/C28H46O/c1-20(2)9-7-10-22(4)25-14-15-26-23(11-8-17-28(25,26)6)12-13-24-19-27(5,29)18-16-21(24)3/h12-13,20,22,25-26,29H,3,7-11,14-19H2,1-2,4-6H3/b23-12+,24-13-/t22-,25-,26+,27+,28-/m1/s1/i5D. The number of fused-ring (bicyclic) bond motifs is 1. The second-order valence-electron chi connectivity index (χ2n) is 11.3. The van der Waals surface area contributed by atoms with Crippen LogP contribution in [0.2, 0.25) is 0 Å². The number of rotatable bonds is 6. The van der Waals surface area contributed by atoms with E-state index < -0.39 is 5.60 Å². The lowest BCUT2D eigenvalue weighted by Crippen LogP contribution is -2.36. The molecule has 0 aromatic heterocycles. The number of aliphatic hydroxyl groups is 1. The fourth-order valence-electron chi connectivity index (χ4n) is 6.76. The molecule has 3 aliphatic rings. The molecule has 29 heavy (non-hydrogen) atoms. The van der Waals surface area contributed by atoms with Crippen molar-refractivity contribution in [3.8, 4) is 0 Å². The molecule has 3 rings (SSSR count). The zero-order valence-electron chi connectivity index (χ0n) is 20.6. The smallest absolute Gasteiger partial charge is 0.0663 e. The maximum atomic E-state index is 10.6. The molecule has 3 saturated carbocycles. The van der Waals surface area contributed by atoms with E-state index in [0.717, 1.165) is 35.7 Å². The van der Waals surface area contributed by atoms with Gasteiger partial charge in [0, 0.05) is 7.79 Å². The van der Waals surface area contributed by atoms with Crippen molar-refractivity contribution in [1.82, 2.24) is 0 Å². The van der Waals surface area contributed by atoms with Crippen LogP contribution in [0.3, 0.4) is 0 Å². The lowest BCUT2D eigenvalue weighted by atomic mass is 9.60. The molecule has 0 heterocycles. The monoisotopic (exact) mass is 399 g/mol. The summed E-state index contributed by atoms with van der Waals surface area (Å²) in [6, 6.07) is 0. The summed E-state index contributed by atoms with van der Waals surface area (Å²) in [5.41, 5.74) is 3.59. The van der Waals surface area contributed by atoms with Crippen molar-refractivity contribution in [2.45, 2.75) is 111 Å². The van der Waals surface area contributed by atoms with Crippen LogP contribution in [-0.4, -0.2) is 10.7 Å². The van der Waals surface area contributed by atoms with Gasteiger partial charge in [-0.15, -0.1) is 0 Å². The Balaban J connectivity index is 1.72. The van der Waals surface area contributed by atoms with Gasteiger partial charge in [-0.25, -0.2) is 0 Å². The van der Waals surface area contributed by atoms with Crippen molar-refractivity contribution in [1.29, 1.82) is 0 Å². The summed E-state index contributed by atoms with van der Waals surface area (Å²) in [5, 5.41) is 10.6. The third kappa shape index (κ3) is 5.27. The van der Waals surface area contributed by atoms with Gasteiger partial charge in [0.05, 0.1) is 5.60 Å². The Morgan fingerprint density at radius 2 is 1.97 bits per heavy atom. The first-order valence-electron chi connectivity index (χ1n) is 13.0. The van der Waals surface area contributed by atoms with Crippen LogP contribution in [0, 0.1) is 29.1 Å². The first-order chi connectivity index (χ1) is 14.2. The van der Waals surface area contributed by atoms with Crippen LogP contribution in [0.4, 0.5) is 0 Å². The normalized spacial score (nSPS) is 39.8. The average molecular weight is 400 g/mol. The second kappa shape index (κ2) is 9.13. The summed E-state index contributed by atoms with van der Waals surface area (Å²) in [4.78, 5) is 0. The van der Waals surface area contributed by atoms with Gasteiger partial charge in [0.25, 0.3) is 0 Å². The summed E-state index contributed by atoms with van der Waals surface area (Å²) >= 11 is 0. The lowest BCUT2D eigenvalue weighted by Gasteiger charge is -2.44. The summed E-state index contributed by atoms with van der Waals surface area (Å²) in [5.74, 6) is 3.25. The zero-order chi connectivity index (χ0) is 21.9. The summed E-state index contributed by atoms with van der Waals surface area (Å²) in [6.07, 6.45) is 17.5. The SMILES string of the molecule is [2H]C[C@]1(O)CCC(=C)/C(=C\C=C2/CCC[C@]3(C)[C@@H]([C@H](C)CCCC(C)C)CC[C@@H]23)C1. The molecular weight excluding hydrogens is 352 g/mol. The predicted octanol–water partition coefficient (Wildman–Crippen LogP) is 8.01. The van der Waals surface area contributed by atoms with Crippen molar-refractivity contribution >= 4 is 0 Å². The van der Waals surface area contributed by atoms with E-state index in [1.807, 2.05) is 0 Å². The molecule has 1 N–H and O–H groups in total. The molecule has 0 amide bonds. The van der Waals surface area contributed by atoms with Crippen LogP contribution in [0.15, 0.2) is 35.5 Å². The molecular formula is C28H46O. The van der Waals surface area contributed by atoms with Gasteiger partial charge in [0.1, 0.15) is 0 Å². The van der Waals surface area contributed by atoms with Crippen molar-refractivity contribution < 1.29 is 6.48 Å². The van der Waals surface area contributed by atoms with E-state index in [9.17, 15) is 5.11 Å². The first kappa shape index (κ1) is 21.4. The molecule has 5 atom stereocenters. The highest BCUT2D eigenvalue weighted by atomic mass is 16.3. The third-order valence-corrected chi connectivity index (χ3v) is 8.53. The Morgan fingerprint density at radius 3 is 2.69 bits per heavy atom. The molecule has 0 radical (unpaired) electrons. The Hall–Kier alpha value is -0.820. The highest BCUT2D eigenvalue weighted by Gasteiger charge is 2.50. The van der Waals surface area contributed by atoms with Crippen molar-refractivity contribution in [2.24, 2.45) is 29.1 Å². The van der Waals surface area contributed by atoms with E-state index >= 15 is 0 Å². The van der Waals surface area contributed by atoms with E-state index in [4.69, 9.17) is 1.37 Å². The number of hydrogen-bond acceptors (Lipinski definition) is 1. The van der Waals surface area contributed by atoms with Crippen molar-refractivity contribution in [3.63, 3.8) is 0 Å². The minimum absolute atomic E-state index is 0.0886. The highest BCUT2D eigenvalue weighted by molar-refractivity contribution is 5.37. The second-order valence-corrected chi connectivity index (χ2v) is 11.3. The van der Waals surface area contributed by atoms with Gasteiger partial charge in [0.2, 0.25) is 0 Å². The Morgan fingerprint density at radius 1 is 1.17 bits per heavy atom. The van der Waals surface area contributed by atoms with E-state index in [1.54, 1.807) is 5.57 Å². The molecule has 0 aromatic rings. The minimum atomic E-state index is -0.851. The average Bonchev–Trinajstić information content (AvgIpc) is 3.06. The Labute approximate surface area is 182 Å². The van der Waals surface area contributed by atoms with Crippen LogP contribution in [0.1, 0.15) is 107 Å². The fourth-order valence-corrected chi connectivity index (χ4v) is 6.76. The highest BCUT2D eigenvalue weighted by Crippen LogP contribution is 2.60. The fraction of sp³-hybridized carbons (Fsp3) is 0.786. The largest absolute Gasteiger partial charge is 0.390 e. The zero-order valence-corrected chi connectivity index (χ0v) is 19.6. The van der Waals surface area contributed by atoms with Crippen LogP contribution in [-0.2, 0) is 0 Å². The molecule has 164 valence electrons. The van der Waals surface area contributed by atoms with E-state index in [0.29, 0.717) is 18.3 Å². The Kier molecular flexibility index (Phi) is 6.74. The molecule has 3 aliphatic carbocycles. The molecule has 3 fully saturated rings. The summed E-state index contributed by atoms with van der Waals surface area (Å²) < 4.78 is 7.71. The third-order valence-electron chi connectivity index (χ3n) is 8.53. The van der Waals surface area contributed by atoms with Crippen molar-refractivity contribution in [3.05, 3.63) is 35.5 Å².